The van der Waals surface area contributed by atoms with Crippen LogP contribution in [0.4, 0.5) is 5.69 Å². The molecule has 0 unspecified atom stereocenters. The van der Waals surface area contributed by atoms with Crippen molar-refractivity contribution in [3.63, 3.8) is 0 Å². The molecule has 2 heterocycles. The van der Waals surface area contributed by atoms with Gasteiger partial charge in [0.2, 0.25) is 0 Å². The SMILES string of the molecule is [C-]#[N+]c1ccc(-c2ccc3c(c2)c2ccccc2n3-c2ccc(-c3ncc(C#N)cn3)cc2C#N)cc1. The Labute approximate surface area is 212 Å². The molecule has 0 amide bonds. The predicted molar refractivity (Wildman–Crippen MR) is 143 cm³/mol. The van der Waals surface area contributed by atoms with Gasteiger partial charge in [-0.25, -0.2) is 14.8 Å². The van der Waals surface area contributed by atoms with Gasteiger partial charge in [-0.05, 0) is 47.5 Å². The van der Waals surface area contributed by atoms with E-state index in [9.17, 15) is 5.26 Å². The molecular formula is C31H16N6. The average Bonchev–Trinajstić information content (AvgIpc) is 3.30. The number of rotatable bonds is 3. The zero-order chi connectivity index (χ0) is 25.4. The van der Waals surface area contributed by atoms with Crippen LogP contribution in [0.2, 0.25) is 0 Å². The predicted octanol–water partition coefficient (Wildman–Crippen LogP) is 7.20. The number of hydrogen-bond acceptors (Lipinski definition) is 4. The van der Waals surface area contributed by atoms with E-state index >= 15 is 0 Å². The molecule has 0 aliphatic carbocycles. The molecule has 0 atom stereocenters. The van der Waals surface area contributed by atoms with Crippen LogP contribution in [-0.2, 0) is 0 Å². The third-order valence-electron chi connectivity index (χ3n) is 6.40. The summed E-state index contributed by atoms with van der Waals surface area (Å²) in [6.45, 7) is 7.19. The van der Waals surface area contributed by atoms with Crippen LogP contribution in [0.25, 0.3) is 54.9 Å². The van der Waals surface area contributed by atoms with Crippen LogP contribution in [-0.4, -0.2) is 14.5 Å². The molecule has 0 aliphatic heterocycles. The number of benzene rings is 4. The van der Waals surface area contributed by atoms with Gasteiger partial charge in [-0.15, -0.1) is 0 Å². The number of nitrogens with zero attached hydrogens (tertiary/aromatic N) is 6. The number of aromatic nitrogens is 3. The van der Waals surface area contributed by atoms with Gasteiger partial charge in [0.05, 0.1) is 34.4 Å². The van der Waals surface area contributed by atoms with E-state index in [0.29, 0.717) is 28.2 Å². The first-order valence-corrected chi connectivity index (χ1v) is 11.5. The first-order chi connectivity index (χ1) is 18.2. The second kappa shape index (κ2) is 8.78. The second-order valence-corrected chi connectivity index (χ2v) is 8.49. The molecule has 0 saturated carbocycles. The molecule has 0 radical (unpaired) electrons. The van der Waals surface area contributed by atoms with Crippen LogP contribution >= 0.6 is 0 Å². The molecule has 0 spiro atoms. The van der Waals surface area contributed by atoms with Crippen molar-refractivity contribution in [2.24, 2.45) is 0 Å². The van der Waals surface area contributed by atoms with E-state index in [1.54, 1.807) is 6.07 Å². The molecule has 0 saturated heterocycles. The molecule has 6 rings (SSSR count). The van der Waals surface area contributed by atoms with Gasteiger partial charge >= 0.3 is 0 Å². The van der Waals surface area contributed by atoms with Gasteiger partial charge in [0.25, 0.3) is 0 Å². The minimum Gasteiger partial charge on any atom is -0.308 e. The fourth-order valence-electron chi connectivity index (χ4n) is 4.63. The molecule has 0 N–H and O–H groups in total. The van der Waals surface area contributed by atoms with Crippen LogP contribution in [0, 0.1) is 29.2 Å². The van der Waals surface area contributed by atoms with Crippen LogP contribution in [0.15, 0.2) is 97.3 Å². The quantitative estimate of drug-likeness (QED) is 0.255. The Balaban J connectivity index is 1.53. The number of hydrogen-bond donors (Lipinski definition) is 0. The monoisotopic (exact) mass is 472 g/mol. The standard InChI is InChI=1S/C31H16N6/c1-34-25-10-6-21(7-11-25)22-8-13-30-27(15-22)26-4-2-3-5-29(26)37(30)28-12-9-23(14-24(28)17-33)31-35-18-20(16-32)19-36-31/h2-15,18-19H. The normalized spacial score (nSPS) is 10.6. The summed E-state index contributed by atoms with van der Waals surface area (Å²) in [5.41, 5.74) is 7.03. The summed E-state index contributed by atoms with van der Waals surface area (Å²) in [5.74, 6) is 0.457. The molecular weight excluding hydrogens is 456 g/mol. The fraction of sp³-hybridized carbons (Fsp3) is 0. The lowest BCUT2D eigenvalue weighted by atomic mass is 10.0. The number of nitriles is 2. The third-order valence-corrected chi connectivity index (χ3v) is 6.40. The van der Waals surface area contributed by atoms with Crippen LogP contribution in [0.3, 0.4) is 0 Å². The molecule has 0 bridgehead atoms. The summed E-state index contributed by atoms with van der Waals surface area (Å²) in [5, 5.41) is 21.3. The largest absolute Gasteiger partial charge is 0.308 e. The van der Waals surface area contributed by atoms with Gasteiger partial charge in [0.15, 0.2) is 11.5 Å². The fourth-order valence-corrected chi connectivity index (χ4v) is 4.63. The maximum Gasteiger partial charge on any atom is 0.187 e. The van der Waals surface area contributed by atoms with E-state index in [0.717, 1.165) is 38.6 Å². The van der Waals surface area contributed by atoms with Crippen molar-refractivity contribution < 1.29 is 0 Å². The Morgan fingerprint density at radius 2 is 1.41 bits per heavy atom. The summed E-state index contributed by atoms with van der Waals surface area (Å²) >= 11 is 0. The van der Waals surface area contributed by atoms with E-state index < -0.39 is 0 Å². The van der Waals surface area contributed by atoms with E-state index in [2.05, 4.69) is 55.8 Å². The van der Waals surface area contributed by atoms with E-state index in [1.165, 1.54) is 12.4 Å². The van der Waals surface area contributed by atoms with Crippen molar-refractivity contribution in [2.75, 3.05) is 0 Å². The lowest BCUT2D eigenvalue weighted by molar-refractivity contribution is 1.14. The molecule has 6 heteroatoms. The van der Waals surface area contributed by atoms with Crippen molar-refractivity contribution in [1.29, 1.82) is 10.5 Å². The smallest absolute Gasteiger partial charge is 0.187 e. The first kappa shape index (κ1) is 21.7. The Kier molecular flexibility index (Phi) is 5.16. The topological polar surface area (TPSA) is 82.7 Å². The van der Waals surface area contributed by atoms with Crippen LogP contribution in [0.5, 0.6) is 0 Å². The lowest BCUT2D eigenvalue weighted by Gasteiger charge is -2.11. The van der Waals surface area contributed by atoms with Crippen molar-refractivity contribution in [3.8, 4) is 40.3 Å². The van der Waals surface area contributed by atoms with Crippen molar-refractivity contribution in [1.82, 2.24) is 14.5 Å². The average molecular weight is 473 g/mol. The van der Waals surface area contributed by atoms with Gasteiger partial charge in [-0.1, -0.05) is 48.5 Å². The highest BCUT2D eigenvalue weighted by Gasteiger charge is 2.16. The molecule has 170 valence electrons. The molecule has 2 aromatic heterocycles. The van der Waals surface area contributed by atoms with Gasteiger partial charge in [-0.2, -0.15) is 10.5 Å². The summed E-state index contributed by atoms with van der Waals surface area (Å²) < 4.78 is 2.11. The number of fused-ring (bicyclic) bond motifs is 3. The first-order valence-electron chi connectivity index (χ1n) is 11.5. The summed E-state index contributed by atoms with van der Waals surface area (Å²) in [6, 6.07) is 32.0. The third kappa shape index (κ3) is 3.65. The van der Waals surface area contributed by atoms with E-state index in [1.807, 2.05) is 54.6 Å². The van der Waals surface area contributed by atoms with Crippen LogP contribution < -0.4 is 0 Å². The second-order valence-electron chi connectivity index (χ2n) is 8.49. The minimum atomic E-state index is 0.382. The highest BCUT2D eigenvalue weighted by atomic mass is 15.0. The minimum absolute atomic E-state index is 0.382. The van der Waals surface area contributed by atoms with Gasteiger partial charge in [0.1, 0.15) is 12.1 Å². The molecule has 4 aromatic carbocycles. The summed E-state index contributed by atoms with van der Waals surface area (Å²) in [7, 11) is 0. The molecule has 0 aliphatic rings. The van der Waals surface area contributed by atoms with Gasteiger partial charge < -0.3 is 4.57 Å². The van der Waals surface area contributed by atoms with E-state index in [4.69, 9.17) is 11.8 Å². The highest BCUT2D eigenvalue weighted by Crippen LogP contribution is 2.36. The van der Waals surface area contributed by atoms with Gasteiger partial charge in [-0.3, -0.25) is 0 Å². The molecule has 0 fully saturated rings. The highest BCUT2D eigenvalue weighted by molar-refractivity contribution is 6.10. The Hall–Kier alpha value is -5.77. The number of para-hydroxylation sites is 1. The Bertz CT molecular complexity index is 1940. The maximum atomic E-state index is 10.1. The van der Waals surface area contributed by atoms with E-state index in [-0.39, 0.29) is 0 Å². The summed E-state index contributed by atoms with van der Waals surface area (Å²) in [4.78, 5) is 12.0. The molecule has 37 heavy (non-hydrogen) atoms. The summed E-state index contributed by atoms with van der Waals surface area (Å²) in [6.07, 6.45) is 2.95. The zero-order valence-electron chi connectivity index (χ0n) is 19.4. The Morgan fingerprint density at radius 3 is 2.14 bits per heavy atom. The maximum absolute atomic E-state index is 10.1. The Morgan fingerprint density at radius 1 is 0.703 bits per heavy atom. The van der Waals surface area contributed by atoms with Crippen molar-refractivity contribution >= 4 is 27.5 Å². The molecule has 6 nitrogen and oxygen atoms in total. The van der Waals surface area contributed by atoms with Crippen LogP contribution in [0.1, 0.15) is 11.1 Å². The zero-order valence-corrected chi connectivity index (χ0v) is 19.4. The molecule has 6 aromatic rings. The van der Waals surface area contributed by atoms with Crippen molar-refractivity contribution in [2.45, 2.75) is 0 Å². The van der Waals surface area contributed by atoms with Crippen molar-refractivity contribution in [3.05, 3.63) is 120 Å². The van der Waals surface area contributed by atoms with Gasteiger partial charge in [0, 0.05) is 28.7 Å². The lowest BCUT2D eigenvalue weighted by Crippen LogP contribution is -1.99.